The van der Waals surface area contributed by atoms with Gasteiger partial charge < -0.3 is 4.42 Å². The summed E-state index contributed by atoms with van der Waals surface area (Å²) in [5.41, 5.74) is 4.05. The topological polar surface area (TPSA) is 67.6 Å². The molecule has 0 aliphatic carbocycles. The van der Waals surface area contributed by atoms with Gasteiger partial charge >= 0.3 is 0 Å². The predicted octanol–water partition coefficient (Wildman–Crippen LogP) is 6.05. The van der Waals surface area contributed by atoms with Crippen molar-refractivity contribution in [3.8, 4) is 17.5 Å². The normalized spacial score (nSPS) is 11.4. The molecule has 31 heavy (non-hydrogen) atoms. The summed E-state index contributed by atoms with van der Waals surface area (Å²) in [5, 5.41) is 19.1. The first-order chi connectivity index (χ1) is 15.0. The van der Waals surface area contributed by atoms with Crippen molar-refractivity contribution in [1.29, 1.82) is 5.26 Å². The van der Waals surface area contributed by atoms with E-state index >= 15 is 0 Å². The van der Waals surface area contributed by atoms with Crippen LogP contribution in [-0.2, 0) is 17.7 Å². The molecule has 4 rings (SSSR count). The van der Waals surface area contributed by atoms with Crippen LogP contribution in [0.2, 0.25) is 0 Å². The van der Waals surface area contributed by atoms with E-state index in [4.69, 9.17) is 4.42 Å². The second-order valence-electron chi connectivity index (χ2n) is 8.36. The van der Waals surface area contributed by atoms with Crippen LogP contribution in [0, 0.1) is 11.3 Å². The number of thioether (sulfide) groups is 1. The fourth-order valence-electron chi connectivity index (χ4n) is 3.33. The monoisotopic (exact) mass is 428 g/mol. The maximum atomic E-state index is 9.37. The number of benzene rings is 2. The van der Waals surface area contributed by atoms with Crippen molar-refractivity contribution in [2.24, 2.45) is 0 Å². The molecule has 0 bridgehead atoms. The maximum Gasteiger partial charge on any atom is 0.192 e. The summed E-state index contributed by atoms with van der Waals surface area (Å²) >= 11 is 1.57. The van der Waals surface area contributed by atoms with E-state index in [2.05, 4.69) is 65.9 Å². The number of nitriles is 1. The van der Waals surface area contributed by atoms with Crippen LogP contribution in [0.5, 0.6) is 0 Å². The third-order valence-electron chi connectivity index (χ3n) is 5.11. The lowest BCUT2D eigenvalue weighted by Gasteiger charge is -2.19. The number of hydrogen-bond acceptors (Lipinski definition) is 5. The van der Waals surface area contributed by atoms with Crippen LogP contribution in [0.4, 0.5) is 0 Å². The smallest absolute Gasteiger partial charge is 0.192 e. The standard InChI is InChI=1S/C25H24N4OS/c1-25(2,3)21-12-10-18(11-13-21)23-27-28-24(29(23)16-22-9-6-14-30-22)31-17-20-8-5-4-7-19(20)15-26/h4-14H,16-17H2,1-3H3. The van der Waals surface area contributed by atoms with E-state index in [0.717, 1.165) is 27.9 Å². The Balaban J connectivity index is 1.66. The van der Waals surface area contributed by atoms with E-state index in [1.165, 1.54) is 5.56 Å². The summed E-state index contributed by atoms with van der Waals surface area (Å²) in [7, 11) is 0. The Hall–Kier alpha value is -3.30. The molecule has 0 unspecified atom stereocenters. The Bertz CT molecular complexity index is 1200. The highest BCUT2D eigenvalue weighted by atomic mass is 32.2. The summed E-state index contributed by atoms with van der Waals surface area (Å²) in [6.45, 7) is 7.15. The Morgan fingerprint density at radius 1 is 1.00 bits per heavy atom. The molecule has 0 N–H and O–H groups in total. The number of aromatic nitrogens is 3. The zero-order chi connectivity index (χ0) is 21.8. The minimum Gasteiger partial charge on any atom is -0.467 e. The molecule has 4 aromatic rings. The lowest BCUT2D eigenvalue weighted by atomic mass is 9.87. The minimum atomic E-state index is 0.0928. The van der Waals surface area contributed by atoms with Crippen LogP contribution < -0.4 is 0 Å². The van der Waals surface area contributed by atoms with E-state index in [1.807, 2.05) is 36.4 Å². The van der Waals surface area contributed by atoms with Gasteiger partial charge in [0.15, 0.2) is 11.0 Å². The average molecular weight is 429 g/mol. The van der Waals surface area contributed by atoms with Gasteiger partial charge in [0.05, 0.1) is 24.4 Å². The highest BCUT2D eigenvalue weighted by Gasteiger charge is 2.18. The molecular formula is C25H24N4OS. The Kier molecular flexibility index (Phi) is 5.97. The molecule has 6 heteroatoms. The van der Waals surface area contributed by atoms with Crippen LogP contribution >= 0.6 is 11.8 Å². The zero-order valence-electron chi connectivity index (χ0n) is 17.9. The summed E-state index contributed by atoms with van der Waals surface area (Å²) in [6.07, 6.45) is 1.67. The molecule has 0 spiro atoms. The SMILES string of the molecule is CC(C)(C)c1ccc(-c2nnc(SCc3ccccc3C#N)n2Cc2ccco2)cc1. The van der Waals surface area contributed by atoms with Crippen molar-refractivity contribution in [3.63, 3.8) is 0 Å². The molecule has 0 fully saturated rings. The first kappa shape index (κ1) is 21.0. The van der Waals surface area contributed by atoms with Crippen molar-refractivity contribution < 1.29 is 4.42 Å². The van der Waals surface area contributed by atoms with Gasteiger partial charge in [-0.1, -0.05) is 75.0 Å². The lowest BCUT2D eigenvalue weighted by molar-refractivity contribution is 0.485. The summed E-state index contributed by atoms with van der Waals surface area (Å²) < 4.78 is 7.66. The molecule has 5 nitrogen and oxygen atoms in total. The van der Waals surface area contributed by atoms with Crippen LogP contribution in [0.1, 0.15) is 43.2 Å². The van der Waals surface area contributed by atoms with Crippen LogP contribution in [0.3, 0.4) is 0 Å². The van der Waals surface area contributed by atoms with Crippen molar-refractivity contribution in [2.75, 3.05) is 0 Å². The molecule has 0 radical (unpaired) electrons. The molecule has 0 aliphatic rings. The summed E-state index contributed by atoms with van der Waals surface area (Å²) in [4.78, 5) is 0. The third kappa shape index (κ3) is 4.73. The Morgan fingerprint density at radius 2 is 1.77 bits per heavy atom. The molecule has 2 heterocycles. The second-order valence-corrected chi connectivity index (χ2v) is 9.30. The first-order valence-electron chi connectivity index (χ1n) is 10.1. The number of hydrogen-bond donors (Lipinski definition) is 0. The lowest BCUT2D eigenvalue weighted by Crippen LogP contribution is -2.10. The van der Waals surface area contributed by atoms with E-state index < -0.39 is 0 Å². The highest BCUT2D eigenvalue weighted by Crippen LogP contribution is 2.30. The minimum absolute atomic E-state index is 0.0928. The fraction of sp³-hybridized carbons (Fsp3) is 0.240. The van der Waals surface area contributed by atoms with Gasteiger partial charge in [0, 0.05) is 11.3 Å². The number of rotatable bonds is 6. The molecule has 0 atom stereocenters. The molecule has 2 aromatic heterocycles. The third-order valence-corrected chi connectivity index (χ3v) is 6.13. The zero-order valence-corrected chi connectivity index (χ0v) is 18.7. The second kappa shape index (κ2) is 8.83. The van der Waals surface area contributed by atoms with Gasteiger partial charge in [0.1, 0.15) is 5.76 Å². The van der Waals surface area contributed by atoms with E-state index in [-0.39, 0.29) is 5.41 Å². The van der Waals surface area contributed by atoms with Crippen LogP contribution in [0.25, 0.3) is 11.4 Å². The molecule has 0 saturated carbocycles. The van der Waals surface area contributed by atoms with Gasteiger partial charge in [-0.2, -0.15) is 5.26 Å². The molecule has 156 valence electrons. The molecule has 0 aliphatic heterocycles. The maximum absolute atomic E-state index is 9.37. The molecular weight excluding hydrogens is 404 g/mol. The molecule has 0 saturated heterocycles. The van der Waals surface area contributed by atoms with Gasteiger partial charge in [-0.15, -0.1) is 10.2 Å². The number of nitrogens with zero attached hydrogens (tertiary/aromatic N) is 4. The van der Waals surface area contributed by atoms with Crippen molar-refractivity contribution in [1.82, 2.24) is 14.8 Å². The fourth-order valence-corrected chi connectivity index (χ4v) is 4.27. The van der Waals surface area contributed by atoms with Crippen molar-refractivity contribution in [2.45, 2.75) is 43.6 Å². The summed E-state index contributed by atoms with van der Waals surface area (Å²) in [5.74, 6) is 2.28. The average Bonchev–Trinajstić information content (AvgIpc) is 3.42. The van der Waals surface area contributed by atoms with Gasteiger partial charge in [-0.3, -0.25) is 4.57 Å². The summed E-state index contributed by atoms with van der Waals surface area (Å²) in [6, 6.07) is 22.2. The largest absolute Gasteiger partial charge is 0.467 e. The first-order valence-corrected chi connectivity index (χ1v) is 11.1. The molecule has 0 amide bonds. The Labute approximate surface area is 186 Å². The van der Waals surface area contributed by atoms with E-state index in [1.54, 1.807) is 18.0 Å². The van der Waals surface area contributed by atoms with E-state index in [9.17, 15) is 5.26 Å². The van der Waals surface area contributed by atoms with Gasteiger partial charge in [-0.25, -0.2) is 0 Å². The Morgan fingerprint density at radius 3 is 2.45 bits per heavy atom. The van der Waals surface area contributed by atoms with Crippen molar-refractivity contribution in [3.05, 3.63) is 89.4 Å². The quantitative estimate of drug-likeness (QED) is 0.350. The van der Waals surface area contributed by atoms with Gasteiger partial charge in [-0.05, 0) is 34.7 Å². The van der Waals surface area contributed by atoms with Gasteiger partial charge in [0.2, 0.25) is 0 Å². The highest BCUT2D eigenvalue weighted by molar-refractivity contribution is 7.98. The molecule has 2 aromatic carbocycles. The predicted molar refractivity (Wildman–Crippen MR) is 123 cm³/mol. The van der Waals surface area contributed by atoms with Crippen LogP contribution in [0.15, 0.2) is 76.5 Å². The van der Waals surface area contributed by atoms with Crippen LogP contribution in [-0.4, -0.2) is 14.8 Å². The number of furan rings is 1. The van der Waals surface area contributed by atoms with Crippen molar-refractivity contribution >= 4 is 11.8 Å². The van der Waals surface area contributed by atoms with E-state index in [0.29, 0.717) is 17.9 Å². The van der Waals surface area contributed by atoms with Gasteiger partial charge in [0.25, 0.3) is 0 Å².